The minimum absolute atomic E-state index is 0. The van der Waals surface area contributed by atoms with E-state index in [0.29, 0.717) is 0 Å². The van der Waals surface area contributed by atoms with Gasteiger partial charge in [0.05, 0.1) is 12.2 Å². The van der Waals surface area contributed by atoms with Crippen molar-refractivity contribution in [3.63, 3.8) is 0 Å². The first-order chi connectivity index (χ1) is 7.24. The topological polar surface area (TPSA) is 24.8 Å². The molecule has 1 aliphatic heterocycles. The molecule has 0 bridgehead atoms. The number of alkyl halides is 1. The fourth-order valence-electron chi connectivity index (χ4n) is 1.50. The van der Waals surface area contributed by atoms with Crippen molar-refractivity contribution in [1.29, 1.82) is 0 Å². The molecule has 0 spiro atoms. The summed E-state index contributed by atoms with van der Waals surface area (Å²) in [5.41, 5.74) is 0.860. The maximum absolute atomic E-state index is 11.9. The molecular weight excluding hydrogens is 267 g/mol. The Labute approximate surface area is 110 Å². The van der Waals surface area contributed by atoms with Crippen molar-refractivity contribution in [1.82, 2.24) is 0 Å². The minimum Gasteiger partial charge on any atom is -1.00 e. The molecule has 1 saturated heterocycles. The van der Waals surface area contributed by atoms with E-state index in [4.69, 9.17) is 11.6 Å². The van der Waals surface area contributed by atoms with E-state index in [9.17, 15) is 4.79 Å². The molecule has 2 unspecified atom stereocenters. The highest BCUT2D eigenvalue weighted by Crippen LogP contribution is 2.26. The third-order valence-corrected chi connectivity index (χ3v) is 3.87. The second kappa shape index (κ2) is 5.77. The van der Waals surface area contributed by atoms with Crippen molar-refractivity contribution in [2.24, 2.45) is 0 Å². The van der Waals surface area contributed by atoms with Gasteiger partial charge in [-0.05, 0) is 19.1 Å². The molecular formula is C10H12Cl2N2OS. The van der Waals surface area contributed by atoms with Gasteiger partial charge in [0.25, 0.3) is 0 Å². The van der Waals surface area contributed by atoms with Gasteiger partial charge in [-0.3, -0.25) is 0 Å². The lowest BCUT2D eigenvalue weighted by atomic mass is 10.3. The zero-order valence-electron chi connectivity index (χ0n) is 8.69. The molecule has 0 saturated carbocycles. The maximum atomic E-state index is 11.9. The van der Waals surface area contributed by atoms with Crippen molar-refractivity contribution in [3.8, 4) is 0 Å². The normalized spacial score (nSPS) is 24.4. The third-order valence-electron chi connectivity index (χ3n) is 2.26. The molecule has 1 fully saturated rings. The average molecular weight is 279 g/mol. The predicted octanol–water partition coefficient (Wildman–Crippen LogP) is -1.29. The zero-order valence-corrected chi connectivity index (χ0v) is 11.0. The van der Waals surface area contributed by atoms with Crippen LogP contribution < -0.4 is 21.6 Å². The van der Waals surface area contributed by atoms with Crippen LogP contribution in [-0.4, -0.2) is 17.4 Å². The number of rotatable bonds is 2. The molecule has 0 aliphatic carbocycles. The molecule has 2 amide bonds. The predicted molar refractivity (Wildman–Crippen MR) is 63.1 cm³/mol. The first-order valence-electron chi connectivity index (χ1n) is 4.79. The van der Waals surface area contributed by atoms with Crippen molar-refractivity contribution in [2.75, 3.05) is 11.4 Å². The van der Waals surface area contributed by atoms with Crippen molar-refractivity contribution < 1.29 is 21.5 Å². The molecule has 1 N–H and O–H groups in total. The molecule has 16 heavy (non-hydrogen) atoms. The first-order valence-corrected chi connectivity index (χ1v) is 6.11. The van der Waals surface area contributed by atoms with Gasteiger partial charge in [0, 0.05) is 0 Å². The standard InChI is InChI=1S/C10H11ClN2OS.ClH/c1-2-12-10(14)13(9(11)15-12)8-6-4-3-5-7-8;/h3-7,9H,2H2,1H3;1H. The Morgan fingerprint density at radius 1 is 1.44 bits per heavy atom. The number of halogens is 2. The van der Waals surface area contributed by atoms with Gasteiger partial charge >= 0.3 is 6.03 Å². The Morgan fingerprint density at radius 3 is 2.56 bits per heavy atom. The number of nitrogens with zero attached hydrogens (tertiary/aromatic N) is 1. The van der Waals surface area contributed by atoms with Gasteiger partial charge in [-0.2, -0.15) is 4.31 Å². The summed E-state index contributed by atoms with van der Waals surface area (Å²) in [6.07, 6.45) is 0. The SMILES string of the molecule is CC[NH+]1SC(Cl)N(c2ccccc2)C1=O.[Cl-]. The van der Waals surface area contributed by atoms with E-state index in [0.717, 1.165) is 16.5 Å². The highest BCUT2D eigenvalue weighted by atomic mass is 35.5. The maximum Gasteiger partial charge on any atom is 0.435 e. The van der Waals surface area contributed by atoms with E-state index in [1.165, 1.54) is 11.9 Å². The van der Waals surface area contributed by atoms with Crippen LogP contribution >= 0.6 is 23.5 Å². The summed E-state index contributed by atoms with van der Waals surface area (Å²) < 4.78 is 0.832. The first kappa shape index (κ1) is 13.6. The molecule has 1 aromatic rings. The Kier molecular flexibility index (Phi) is 4.92. The highest BCUT2D eigenvalue weighted by Gasteiger charge is 2.43. The molecule has 1 aliphatic rings. The summed E-state index contributed by atoms with van der Waals surface area (Å²) in [6, 6.07) is 9.56. The summed E-state index contributed by atoms with van der Waals surface area (Å²) in [7, 11) is 0. The Hall–Kier alpha value is -0.420. The fourth-order valence-corrected chi connectivity index (χ4v) is 2.95. The second-order valence-electron chi connectivity index (χ2n) is 3.20. The summed E-state index contributed by atoms with van der Waals surface area (Å²) in [4.78, 5) is 13.3. The van der Waals surface area contributed by atoms with Crippen LogP contribution in [0.25, 0.3) is 0 Å². The van der Waals surface area contributed by atoms with Crippen LogP contribution in [0, 0.1) is 0 Å². The van der Waals surface area contributed by atoms with E-state index in [2.05, 4.69) is 0 Å². The number of hydrogen-bond donors (Lipinski definition) is 1. The quantitative estimate of drug-likeness (QED) is 0.414. The van der Waals surface area contributed by atoms with Crippen LogP contribution in [0.3, 0.4) is 0 Å². The number of anilines is 1. The molecule has 88 valence electrons. The number of benzene rings is 1. The molecule has 2 atom stereocenters. The minimum atomic E-state index is -0.310. The molecule has 2 rings (SSSR count). The molecule has 3 nitrogen and oxygen atoms in total. The smallest absolute Gasteiger partial charge is 0.435 e. The van der Waals surface area contributed by atoms with Crippen LogP contribution in [0.2, 0.25) is 0 Å². The summed E-state index contributed by atoms with van der Waals surface area (Å²) >= 11 is 7.56. The number of carbonyl (C=O) groups excluding carboxylic acids is 1. The summed E-state index contributed by atoms with van der Waals surface area (Å²) in [6.45, 7) is 2.72. The Morgan fingerprint density at radius 2 is 2.06 bits per heavy atom. The van der Waals surface area contributed by atoms with Crippen LogP contribution in [-0.2, 0) is 0 Å². The second-order valence-corrected chi connectivity index (χ2v) is 5.04. The van der Waals surface area contributed by atoms with Crippen molar-refractivity contribution >= 4 is 35.3 Å². The van der Waals surface area contributed by atoms with Gasteiger partial charge in [-0.15, -0.1) is 0 Å². The van der Waals surface area contributed by atoms with Gasteiger partial charge in [0.15, 0.2) is 0 Å². The van der Waals surface area contributed by atoms with E-state index >= 15 is 0 Å². The van der Waals surface area contributed by atoms with Gasteiger partial charge in [0.1, 0.15) is 11.9 Å². The molecule has 1 aromatic carbocycles. The van der Waals surface area contributed by atoms with E-state index in [1.807, 2.05) is 37.3 Å². The van der Waals surface area contributed by atoms with Crippen LogP contribution in [0.5, 0.6) is 0 Å². The lowest BCUT2D eigenvalue weighted by Gasteiger charge is -2.13. The van der Waals surface area contributed by atoms with Crippen LogP contribution in [0.15, 0.2) is 30.3 Å². The molecule has 1 heterocycles. The van der Waals surface area contributed by atoms with Crippen LogP contribution in [0.4, 0.5) is 10.5 Å². The Bertz CT molecular complexity index is 363. The van der Waals surface area contributed by atoms with E-state index in [-0.39, 0.29) is 23.3 Å². The lowest BCUT2D eigenvalue weighted by Crippen LogP contribution is -3.07. The average Bonchev–Trinajstić information content (AvgIpc) is 2.55. The molecule has 0 aromatic heterocycles. The zero-order chi connectivity index (χ0) is 10.8. The van der Waals surface area contributed by atoms with Gasteiger partial charge in [-0.25, -0.2) is 9.69 Å². The number of hydrogen-bond acceptors (Lipinski definition) is 2. The number of para-hydroxylation sites is 1. The van der Waals surface area contributed by atoms with Crippen LogP contribution in [0.1, 0.15) is 6.92 Å². The van der Waals surface area contributed by atoms with Crippen molar-refractivity contribution in [2.45, 2.75) is 11.8 Å². The Balaban J connectivity index is 0.00000128. The molecule has 0 radical (unpaired) electrons. The number of nitrogens with one attached hydrogen (secondary N) is 1. The van der Waals surface area contributed by atoms with Gasteiger partial charge in [-0.1, -0.05) is 29.8 Å². The lowest BCUT2D eigenvalue weighted by molar-refractivity contribution is -0.651. The molecule has 6 heteroatoms. The monoisotopic (exact) mass is 278 g/mol. The highest BCUT2D eigenvalue weighted by molar-refractivity contribution is 7.95. The fraction of sp³-hybridized carbons (Fsp3) is 0.300. The number of amides is 2. The third kappa shape index (κ3) is 2.46. The summed E-state index contributed by atoms with van der Waals surface area (Å²) in [5.74, 6) is 0. The number of quaternary nitrogens is 1. The number of carbonyl (C=O) groups is 1. The largest absolute Gasteiger partial charge is 1.00 e. The number of urea groups is 1. The van der Waals surface area contributed by atoms with Gasteiger partial charge in [0.2, 0.25) is 4.83 Å². The summed E-state index contributed by atoms with van der Waals surface area (Å²) in [5, 5.41) is 0. The van der Waals surface area contributed by atoms with E-state index < -0.39 is 0 Å². The van der Waals surface area contributed by atoms with Gasteiger partial charge < -0.3 is 12.4 Å². The van der Waals surface area contributed by atoms with E-state index in [1.54, 1.807) is 4.90 Å². The van der Waals surface area contributed by atoms with Crippen molar-refractivity contribution in [3.05, 3.63) is 30.3 Å².